The number of methoxy groups -OCH3 is 1. The Bertz CT molecular complexity index is 584. The summed E-state index contributed by atoms with van der Waals surface area (Å²) in [4.78, 5) is 0. The van der Waals surface area contributed by atoms with Gasteiger partial charge in [-0.25, -0.2) is 0 Å². The summed E-state index contributed by atoms with van der Waals surface area (Å²) < 4.78 is 5.10. The molecule has 0 unspecified atom stereocenters. The summed E-state index contributed by atoms with van der Waals surface area (Å²) in [5.74, 6) is 0.934. The van der Waals surface area contributed by atoms with Gasteiger partial charge in [-0.2, -0.15) is 0 Å². The van der Waals surface area contributed by atoms with Crippen LogP contribution in [0.15, 0.2) is 36.4 Å². The van der Waals surface area contributed by atoms with Gasteiger partial charge in [-0.1, -0.05) is 29.3 Å². The molecule has 0 spiro atoms. The average Bonchev–Trinajstić information content (AvgIpc) is 2.40. The zero-order valence-corrected chi connectivity index (χ0v) is 11.7. The molecule has 19 heavy (non-hydrogen) atoms. The Balaban J connectivity index is 2.10. The molecule has 0 atom stereocenters. The predicted molar refractivity (Wildman–Crippen MR) is 78.2 cm³/mol. The van der Waals surface area contributed by atoms with Crippen LogP contribution in [0.1, 0.15) is 11.1 Å². The van der Waals surface area contributed by atoms with Gasteiger partial charge in [-0.05, 0) is 31.2 Å². The van der Waals surface area contributed by atoms with Crippen molar-refractivity contribution in [3.8, 4) is 11.5 Å². The number of phenolic OH excluding ortho intramolecular Hbond substituents is 1. The monoisotopic (exact) mass is 277 g/mol. The molecule has 0 aromatic heterocycles. The summed E-state index contributed by atoms with van der Waals surface area (Å²) >= 11 is 6.05. The number of hydrogen-bond acceptors (Lipinski definition) is 3. The number of phenols is 1. The highest BCUT2D eigenvalue weighted by atomic mass is 35.5. The van der Waals surface area contributed by atoms with Gasteiger partial charge in [0.2, 0.25) is 0 Å². The second-order valence-corrected chi connectivity index (χ2v) is 4.74. The van der Waals surface area contributed by atoms with Crippen LogP contribution >= 0.6 is 11.6 Å². The van der Waals surface area contributed by atoms with E-state index in [1.807, 2.05) is 25.1 Å². The van der Waals surface area contributed by atoms with E-state index in [1.165, 1.54) is 0 Å². The van der Waals surface area contributed by atoms with Crippen molar-refractivity contribution in [3.63, 3.8) is 0 Å². The van der Waals surface area contributed by atoms with E-state index >= 15 is 0 Å². The fourth-order valence-corrected chi connectivity index (χ4v) is 2.09. The standard InChI is InChI=1S/C15H16ClNO2/c1-10-3-5-14(18)11(7-10)9-17-12-4-6-15(19-2)13(16)8-12/h3-8,17-18H,9H2,1-2H3. The number of anilines is 1. The smallest absolute Gasteiger partial charge is 0.137 e. The Morgan fingerprint density at radius 3 is 2.68 bits per heavy atom. The SMILES string of the molecule is COc1ccc(NCc2cc(C)ccc2O)cc1Cl. The molecule has 0 saturated heterocycles. The number of benzene rings is 2. The van der Waals surface area contributed by atoms with Gasteiger partial charge >= 0.3 is 0 Å². The van der Waals surface area contributed by atoms with Crippen molar-refractivity contribution < 1.29 is 9.84 Å². The molecule has 3 nitrogen and oxygen atoms in total. The highest BCUT2D eigenvalue weighted by molar-refractivity contribution is 6.32. The minimum Gasteiger partial charge on any atom is -0.508 e. The molecule has 0 bridgehead atoms. The number of aryl methyl sites for hydroxylation is 1. The minimum absolute atomic E-state index is 0.290. The molecule has 100 valence electrons. The quantitative estimate of drug-likeness (QED) is 0.888. The van der Waals surface area contributed by atoms with Crippen LogP contribution in [-0.2, 0) is 6.54 Å². The van der Waals surface area contributed by atoms with Crippen LogP contribution in [0.3, 0.4) is 0 Å². The Hall–Kier alpha value is -1.87. The molecular formula is C15H16ClNO2. The number of halogens is 1. The molecule has 0 fully saturated rings. The van der Waals surface area contributed by atoms with Gasteiger partial charge in [-0.3, -0.25) is 0 Å². The van der Waals surface area contributed by atoms with Crippen molar-refractivity contribution in [2.45, 2.75) is 13.5 Å². The van der Waals surface area contributed by atoms with Crippen LogP contribution in [0.25, 0.3) is 0 Å². The van der Waals surface area contributed by atoms with Crippen LogP contribution in [0, 0.1) is 6.92 Å². The molecular weight excluding hydrogens is 262 g/mol. The second kappa shape index (κ2) is 5.85. The molecule has 0 aliphatic heterocycles. The molecule has 0 aliphatic carbocycles. The van der Waals surface area contributed by atoms with Crippen molar-refractivity contribution in [1.29, 1.82) is 0 Å². The largest absolute Gasteiger partial charge is 0.508 e. The number of rotatable bonds is 4. The van der Waals surface area contributed by atoms with Gasteiger partial charge in [0.1, 0.15) is 11.5 Å². The maximum absolute atomic E-state index is 9.76. The van der Waals surface area contributed by atoms with E-state index in [-0.39, 0.29) is 5.75 Å². The molecule has 4 heteroatoms. The van der Waals surface area contributed by atoms with Crippen molar-refractivity contribution in [3.05, 3.63) is 52.5 Å². The summed E-state index contributed by atoms with van der Waals surface area (Å²) in [7, 11) is 1.58. The van der Waals surface area contributed by atoms with Gasteiger partial charge in [0.05, 0.1) is 12.1 Å². The second-order valence-electron chi connectivity index (χ2n) is 4.34. The fourth-order valence-electron chi connectivity index (χ4n) is 1.83. The van der Waals surface area contributed by atoms with E-state index < -0.39 is 0 Å². The van der Waals surface area contributed by atoms with Gasteiger partial charge < -0.3 is 15.2 Å². The first-order chi connectivity index (χ1) is 9.10. The Morgan fingerprint density at radius 1 is 1.21 bits per heavy atom. The predicted octanol–water partition coefficient (Wildman–Crippen LogP) is 3.97. The van der Waals surface area contributed by atoms with Crippen LogP contribution < -0.4 is 10.1 Å². The van der Waals surface area contributed by atoms with E-state index in [4.69, 9.17) is 16.3 Å². The highest BCUT2D eigenvalue weighted by Crippen LogP contribution is 2.28. The van der Waals surface area contributed by atoms with Crippen LogP contribution in [-0.4, -0.2) is 12.2 Å². The van der Waals surface area contributed by atoms with Crippen molar-refractivity contribution in [2.75, 3.05) is 12.4 Å². The zero-order valence-electron chi connectivity index (χ0n) is 10.9. The summed E-state index contributed by atoms with van der Waals surface area (Å²) in [6.45, 7) is 2.53. The summed E-state index contributed by atoms with van der Waals surface area (Å²) in [6, 6.07) is 11.0. The Kier molecular flexibility index (Phi) is 4.17. The molecule has 2 rings (SSSR count). The highest BCUT2D eigenvalue weighted by Gasteiger charge is 2.04. The summed E-state index contributed by atoms with van der Waals surface area (Å²) in [5.41, 5.74) is 2.85. The van der Waals surface area contributed by atoms with Gasteiger partial charge in [0.25, 0.3) is 0 Å². The number of aromatic hydroxyl groups is 1. The third-order valence-corrected chi connectivity index (χ3v) is 3.17. The van der Waals surface area contributed by atoms with Gasteiger partial charge in [0, 0.05) is 17.8 Å². The number of ether oxygens (including phenoxy) is 1. The maximum atomic E-state index is 9.76. The van der Waals surface area contributed by atoms with Crippen molar-refractivity contribution in [2.24, 2.45) is 0 Å². The van der Waals surface area contributed by atoms with Gasteiger partial charge in [-0.15, -0.1) is 0 Å². The van der Waals surface area contributed by atoms with Crippen molar-refractivity contribution in [1.82, 2.24) is 0 Å². The normalized spacial score (nSPS) is 10.3. The summed E-state index contributed by atoms with van der Waals surface area (Å²) in [5, 5.41) is 13.5. The summed E-state index contributed by atoms with van der Waals surface area (Å²) in [6.07, 6.45) is 0. The first-order valence-corrected chi connectivity index (χ1v) is 6.34. The lowest BCUT2D eigenvalue weighted by atomic mass is 10.1. The number of nitrogens with one attached hydrogen (secondary N) is 1. The van der Waals surface area contributed by atoms with Crippen LogP contribution in [0.4, 0.5) is 5.69 Å². The third kappa shape index (κ3) is 3.32. The molecule has 0 heterocycles. The Labute approximate surface area is 117 Å². The number of hydrogen-bond donors (Lipinski definition) is 2. The van der Waals surface area contributed by atoms with Crippen molar-refractivity contribution >= 4 is 17.3 Å². The van der Waals surface area contributed by atoms with Crippen LogP contribution in [0.2, 0.25) is 5.02 Å². The van der Waals surface area contributed by atoms with E-state index in [9.17, 15) is 5.11 Å². The zero-order chi connectivity index (χ0) is 13.8. The van der Waals surface area contributed by atoms with E-state index in [0.29, 0.717) is 17.3 Å². The lowest BCUT2D eigenvalue weighted by molar-refractivity contribution is 0.415. The van der Waals surface area contributed by atoms with Gasteiger partial charge in [0.15, 0.2) is 0 Å². The maximum Gasteiger partial charge on any atom is 0.137 e. The first-order valence-electron chi connectivity index (χ1n) is 5.96. The molecule has 2 aromatic rings. The third-order valence-electron chi connectivity index (χ3n) is 2.87. The molecule has 0 amide bonds. The molecule has 0 saturated carbocycles. The van der Waals surface area contributed by atoms with E-state index in [1.54, 1.807) is 25.3 Å². The average molecular weight is 278 g/mol. The van der Waals surface area contributed by atoms with E-state index in [2.05, 4.69) is 5.32 Å². The lowest BCUT2D eigenvalue weighted by Gasteiger charge is -2.10. The Morgan fingerprint density at radius 2 is 2.00 bits per heavy atom. The lowest BCUT2D eigenvalue weighted by Crippen LogP contribution is -2.00. The molecule has 0 radical (unpaired) electrons. The van der Waals surface area contributed by atoms with E-state index in [0.717, 1.165) is 16.8 Å². The fraction of sp³-hybridized carbons (Fsp3) is 0.200. The molecule has 2 N–H and O–H groups in total. The minimum atomic E-state index is 0.290. The molecule has 2 aromatic carbocycles. The molecule has 0 aliphatic rings. The first kappa shape index (κ1) is 13.6. The van der Waals surface area contributed by atoms with Crippen LogP contribution in [0.5, 0.6) is 11.5 Å². The topological polar surface area (TPSA) is 41.5 Å².